The van der Waals surface area contributed by atoms with Gasteiger partial charge in [-0.3, -0.25) is 4.79 Å². The number of amides is 1. The first-order valence-electron chi connectivity index (χ1n) is 7.74. The molecule has 0 aliphatic heterocycles. The van der Waals surface area contributed by atoms with Crippen molar-refractivity contribution in [1.29, 1.82) is 0 Å². The zero-order valence-electron chi connectivity index (χ0n) is 13.2. The lowest BCUT2D eigenvalue weighted by Crippen LogP contribution is -2.36. The second-order valence-corrected chi connectivity index (χ2v) is 6.66. The lowest BCUT2D eigenvalue weighted by atomic mass is 9.71. The maximum absolute atomic E-state index is 13.8. The molecular formula is C19H19F2NO. The second-order valence-electron chi connectivity index (χ2n) is 6.66. The van der Waals surface area contributed by atoms with E-state index in [2.05, 4.69) is 25.2 Å². The monoisotopic (exact) mass is 315 g/mol. The molecule has 1 atom stereocenters. The van der Waals surface area contributed by atoms with Crippen LogP contribution in [0, 0.1) is 11.6 Å². The van der Waals surface area contributed by atoms with Gasteiger partial charge in [-0.15, -0.1) is 0 Å². The Labute approximate surface area is 134 Å². The number of nitrogens with one attached hydrogen (secondary N) is 1. The predicted octanol–water partition coefficient (Wildman–Crippen LogP) is 4.51. The Balaban J connectivity index is 1.89. The van der Waals surface area contributed by atoms with Crippen LogP contribution in [0.4, 0.5) is 8.78 Å². The maximum atomic E-state index is 13.8. The van der Waals surface area contributed by atoms with Crippen LogP contribution >= 0.6 is 0 Å². The molecule has 0 saturated heterocycles. The average molecular weight is 315 g/mol. The third-order valence-electron chi connectivity index (χ3n) is 4.60. The van der Waals surface area contributed by atoms with Crippen molar-refractivity contribution in [2.45, 2.75) is 38.1 Å². The molecule has 1 unspecified atom stereocenters. The van der Waals surface area contributed by atoms with Crippen LogP contribution in [0.25, 0.3) is 0 Å². The number of carbonyl (C=O) groups excluding carboxylic acids is 1. The summed E-state index contributed by atoms with van der Waals surface area (Å²) in [4.78, 5) is 12.3. The SMILES string of the molecule is CC1(C)CCC(NC(=O)c2cc(F)ccc2F)c2ccccc21. The van der Waals surface area contributed by atoms with Crippen molar-refractivity contribution in [3.05, 3.63) is 70.8 Å². The first-order chi connectivity index (χ1) is 10.9. The van der Waals surface area contributed by atoms with E-state index in [4.69, 9.17) is 0 Å². The van der Waals surface area contributed by atoms with Crippen molar-refractivity contribution in [2.75, 3.05) is 0 Å². The summed E-state index contributed by atoms with van der Waals surface area (Å²) in [5.41, 5.74) is 2.03. The Morgan fingerprint density at radius 3 is 2.70 bits per heavy atom. The van der Waals surface area contributed by atoms with E-state index in [1.54, 1.807) is 0 Å². The molecular weight excluding hydrogens is 296 g/mol. The van der Waals surface area contributed by atoms with E-state index in [0.717, 1.165) is 36.6 Å². The highest BCUT2D eigenvalue weighted by atomic mass is 19.1. The van der Waals surface area contributed by atoms with Crippen molar-refractivity contribution < 1.29 is 13.6 Å². The highest BCUT2D eigenvalue weighted by molar-refractivity contribution is 5.94. The first kappa shape index (κ1) is 15.7. The molecule has 2 nitrogen and oxygen atoms in total. The van der Waals surface area contributed by atoms with Gasteiger partial charge in [0.25, 0.3) is 5.91 Å². The Morgan fingerprint density at radius 2 is 1.91 bits per heavy atom. The zero-order chi connectivity index (χ0) is 16.6. The molecule has 0 heterocycles. The summed E-state index contributed by atoms with van der Waals surface area (Å²) in [5, 5.41) is 2.85. The fourth-order valence-corrected chi connectivity index (χ4v) is 3.27. The van der Waals surface area contributed by atoms with E-state index in [-0.39, 0.29) is 17.0 Å². The van der Waals surface area contributed by atoms with E-state index in [9.17, 15) is 13.6 Å². The summed E-state index contributed by atoms with van der Waals surface area (Å²) in [5.74, 6) is -1.92. The predicted molar refractivity (Wildman–Crippen MR) is 85.3 cm³/mol. The molecule has 0 fully saturated rings. The summed E-state index contributed by atoms with van der Waals surface area (Å²) in [6.07, 6.45) is 1.69. The van der Waals surface area contributed by atoms with Crippen LogP contribution in [0.1, 0.15) is 54.2 Å². The van der Waals surface area contributed by atoms with Crippen LogP contribution in [0.15, 0.2) is 42.5 Å². The number of hydrogen-bond acceptors (Lipinski definition) is 1. The van der Waals surface area contributed by atoms with Gasteiger partial charge in [0.05, 0.1) is 11.6 Å². The standard InChI is InChI=1S/C19H19F2NO/c1-19(2)10-9-17(13-5-3-4-6-15(13)19)22-18(23)14-11-12(20)7-8-16(14)21/h3-8,11,17H,9-10H2,1-2H3,(H,22,23). The molecule has 2 aromatic carbocycles. The second kappa shape index (κ2) is 5.76. The third kappa shape index (κ3) is 2.98. The van der Waals surface area contributed by atoms with Gasteiger partial charge in [-0.25, -0.2) is 8.78 Å². The fourth-order valence-electron chi connectivity index (χ4n) is 3.27. The van der Waals surface area contributed by atoms with Crippen molar-refractivity contribution >= 4 is 5.91 Å². The molecule has 2 aromatic rings. The molecule has 3 rings (SSSR count). The van der Waals surface area contributed by atoms with Crippen molar-refractivity contribution in [2.24, 2.45) is 0 Å². The highest BCUT2D eigenvalue weighted by Gasteiger charge is 2.33. The zero-order valence-corrected chi connectivity index (χ0v) is 13.2. The Kier molecular flexibility index (Phi) is 3.92. The maximum Gasteiger partial charge on any atom is 0.254 e. The van der Waals surface area contributed by atoms with Crippen molar-refractivity contribution in [1.82, 2.24) is 5.32 Å². The molecule has 23 heavy (non-hydrogen) atoms. The number of rotatable bonds is 2. The van der Waals surface area contributed by atoms with Gasteiger partial charge in [-0.05, 0) is 47.6 Å². The highest BCUT2D eigenvalue weighted by Crippen LogP contribution is 2.41. The minimum atomic E-state index is -0.715. The lowest BCUT2D eigenvalue weighted by Gasteiger charge is -2.37. The molecule has 1 amide bonds. The quantitative estimate of drug-likeness (QED) is 0.868. The molecule has 4 heteroatoms. The van der Waals surface area contributed by atoms with Crippen molar-refractivity contribution in [3.8, 4) is 0 Å². The molecule has 0 aromatic heterocycles. The summed E-state index contributed by atoms with van der Waals surface area (Å²) in [7, 11) is 0. The number of benzene rings is 2. The fraction of sp³-hybridized carbons (Fsp3) is 0.316. The summed E-state index contributed by atoms with van der Waals surface area (Å²) < 4.78 is 27.0. The molecule has 120 valence electrons. The van der Waals surface area contributed by atoms with Gasteiger partial charge in [0.15, 0.2) is 0 Å². The Bertz CT molecular complexity index is 755. The first-order valence-corrected chi connectivity index (χ1v) is 7.74. The summed E-state index contributed by atoms with van der Waals surface area (Å²) >= 11 is 0. The van der Waals surface area contributed by atoms with Crippen LogP contribution < -0.4 is 5.32 Å². The summed E-state index contributed by atoms with van der Waals surface area (Å²) in [6, 6.07) is 10.7. The van der Waals surface area contributed by atoms with Crippen molar-refractivity contribution in [3.63, 3.8) is 0 Å². The van der Waals surface area contributed by atoms with Gasteiger partial charge in [0.1, 0.15) is 11.6 Å². The van der Waals surface area contributed by atoms with Crippen LogP contribution in [0.3, 0.4) is 0 Å². The molecule has 0 saturated carbocycles. The van der Waals surface area contributed by atoms with E-state index < -0.39 is 17.5 Å². The van der Waals surface area contributed by atoms with E-state index in [1.165, 1.54) is 5.56 Å². The van der Waals surface area contributed by atoms with Crippen LogP contribution in [0.2, 0.25) is 0 Å². The Morgan fingerprint density at radius 1 is 1.17 bits per heavy atom. The van der Waals surface area contributed by atoms with E-state index in [0.29, 0.717) is 0 Å². The molecule has 1 N–H and O–H groups in total. The van der Waals surface area contributed by atoms with Crippen LogP contribution in [-0.4, -0.2) is 5.91 Å². The number of fused-ring (bicyclic) bond motifs is 1. The van der Waals surface area contributed by atoms with Gasteiger partial charge < -0.3 is 5.32 Å². The molecule has 0 spiro atoms. The minimum absolute atomic E-state index is 0.0436. The molecule has 1 aliphatic rings. The third-order valence-corrected chi connectivity index (χ3v) is 4.60. The van der Waals surface area contributed by atoms with Crippen LogP contribution in [-0.2, 0) is 5.41 Å². The lowest BCUT2D eigenvalue weighted by molar-refractivity contribution is 0.0925. The number of carbonyl (C=O) groups is 1. The number of hydrogen-bond donors (Lipinski definition) is 1. The molecule has 0 bridgehead atoms. The molecule has 0 radical (unpaired) electrons. The van der Waals surface area contributed by atoms with Gasteiger partial charge >= 0.3 is 0 Å². The Hall–Kier alpha value is -2.23. The van der Waals surface area contributed by atoms with Gasteiger partial charge in [0, 0.05) is 0 Å². The number of halogens is 2. The summed E-state index contributed by atoms with van der Waals surface area (Å²) in [6.45, 7) is 4.35. The van der Waals surface area contributed by atoms with E-state index in [1.807, 2.05) is 18.2 Å². The largest absolute Gasteiger partial charge is 0.345 e. The smallest absolute Gasteiger partial charge is 0.254 e. The average Bonchev–Trinajstić information content (AvgIpc) is 2.53. The topological polar surface area (TPSA) is 29.1 Å². The van der Waals surface area contributed by atoms with Gasteiger partial charge in [-0.2, -0.15) is 0 Å². The van der Waals surface area contributed by atoms with Gasteiger partial charge in [0.2, 0.25) is 0 Å². The molecule has 1 aliphatic carbocycles. The van der Waals surface area contributed by atoms with Crippen LogP contribution in [0.5, 0.6) is 0 Å². The normalized spacial score (nSPS) is 19.0. The minimum Gasteiger partial charge on any atom is -0.345 e. The van der Waals surface area contributed by atoms with Gasteiger partial charge in [-0.1, -0.05) is 38.1 Å². The van der Waals surface area contributed by atoms with E-state index >= 15 is 0 Å².